The number of pyridine rings is 2. The summed E-state index contributed by atoms with van der Waals surface area (Å²) < 4.78 is 6.78. The molecule has 1 atom stereocenters. The number of carbonyl (C=O) groups excluding carboxylic acids is 1. The summed E-state index contributed by atoms with van der Waals surface area (Å²) in [5.41, 5.74) is 1.61. The zero-order chi connectivity index (χ0) is 17.7. The summed E-state index contributed by atoms with van der Waals surface area (Å²) in [4.78, 5) is 40.1. The van der Waals surface area contributed by atoms with E-state index in [4.69, 9.17) is 4.74 Å². The fourth-order valence-corrected chi connectivity index (χ4v) is 3.48. The summed E-state index contributed by atoms with van der Waals surface area (Å²) in [5, 5.41) is 0.878. The summed E-state index contributed by atoms with van der Waals surface area (Å²) >= 11 is 0. The summed E-state index contributed by atoms with van der Waals surface area (Å²) in [7, 11) is 1.69. The van der Waals surface area contributed by atoms with Crippen LogP contribution in [0.4, 0.5) is 0 Å². The molecule has 126 valence electrons. The third kappa shape index (κ3) is 2.38. The number of aryl methyl sites for hydroxylation is 2. The van der Waals surface area contributed by atoms with E-state index < -0.39 is 11.9 Å². The van der Waals surface area contributed by atoms with E-state index in [1.165, 1.54) is 0 Å². The quantitative estimate of drug-likeness (QED) is 0.689. The van der Waals surface area contributed by atoms with E-state index in [-0.39, 0.29) is 23.3 Å². The highest BCUT2D eigenvalue weighted by Gasteiger charge is 2.33. The second kappa shape index (κ2) is 5.44. The summed E-state index contributed by atoms with van der Waals surface area (Å²) in [5.74, 6) is -0.834. The van der Waals surface area contributed by atoms with Gasteiger partial charge in [-0.1, -0.05) is 18.2 Å². The van der Waals surface area contributed by atoms with Gasteiger partial charge in [0.05, 0.1) is 17.5 Å². The molecule has 0 saturated carbocycles. The number of aromatic amines is 1. The highest BCUT2D eigenvalue weighted by atomic mass is 16.5. The number of hydrogen-bond acceptors (Lipinski definition) is 4. The topological polar surface area (TPSA) is 81.2 Å². The molecule has 1 aliphatic heterocycles. The lowest BCUT2D eigenvalue weighted by Crippen LogP contribution is -2.32. The van der Waals surface area contributed by atoms with Gasteiger partial charge in [0.15, 0.2) is 0 Å². The van der Waals surface area contributed by atoms with Gasteiger partial charge in [-0.15, -0.1) is 0 Å². The number of para-hydroxylation sites is 1. The van der Waals surface area contributed by atoms with E-state index in [1.807, 2.05) is 24.3 Å². The van der Waals surface area contributed by atoms with Crippen molar-refractivity contribution in [2.45, 2.75) is 19.3 Å². The summed E-state index contributed by atoms with van der Waals surface area (Å²) in [6.45, 7) is 1.72. The maximum absolute atomic E-state index is 12.9. The van der Waals surface area contributed by atoms with Crippen LogP contribution in [0.25, 0.3) is 10.9 Å². The molecule has 0 saturated heterocycles. The van der Waals surface area contributed by atoms with Crippen LogP contribution in [0.2, 0.25) is 0 Å². The first-order chi connectivity index (χ1) is 12.0. The van der Waals surface area contributed by atoms with Gasteiger partial charge in [0.2, 0.25) is 0 Å². The molecule has 1 aliphatic rings. The van der Waals surface area contributed by atoms with Gasteiger partial charge in [0, 0.05) is 30.3 Å². The number of ether oxygens (including phenoxy) is 1. The SMILES string of the molecule is Cc1cc2c(c(=O)[nH]1)[C@H](c1cc3ccccc3n(C)c1=O)CC(=O)O2. The Labute approximate surface area is 142 Å². The molecule has 0 radical (unpaired) electrons. The number of esters is 1. The zero-order valence-corrected chi connectivity index (χ0v) is 13.8. The lowest BCUT2D eigenvalue weighted by atomic mass is 9.87. The Hall–Kier alpha value is -3.15. The van der Waals surface area contributed by atoms with Gasteiger partial charge >= 0.3 is 5.97 Å². The van der Waals surface area contributed by atoms with Gasteiger partial charge in [-0.25, -0.2) is 0 Å². The van der Waals surface area contributed by atoms with Crippen LogP contribution in [0.5, 0.6) is 5.75 Å². The van der Waals surface area contributed by atoms with Crippen LogP contribution in [-0.4, -0.2) is 15.5 Å². The third-order valence-corrected chi connectivity index (χ3v) is 4.65. The molecule has 3 aromatic rings. The third-order valence-electron chi connectivity index (χ3n) is 4.65. The molecule has 6 nitrogen and oxygen atoms in total. The van der Waals surface area contributed by atoms with Gasteiger partial charge < -0.3 is 14.3 Å². The van der Waals surface area contributed by atoms with Crippen LogP contribution in [0.1, 0.15) is 29.2 Å². The van der Waals surface area contributed by atoms with Crippen molar-refractivity contribution in [2.24, 2.45) is 7.05 Å². The average molecular weight is 336 g/mol. The summed E-state index contributed by atoms with van der Waals surface area (Å²) in [6.07, 6.45) is -0.0350. The number of nitrogens with zero attached hydrogens (tertiary/aromatic N) is 1. The highest BCUT2D eigenvalue weighted by Crippen LogP contribution is 2.36. The van der Waals surface area contributed by atoms with E-state index in [2.05, 4.69) is 4.98 Å². The predicted octanol–water partition coefficient (Wildman–Crippen LogP) is 1.98. The second-order valence-electron chi connectivity index (χ2n) is 6.31. The van der Waals surface area contributed by atoms with Crippen molar-refractivity contribution in [3.63, 3.8) is 0 Å². The number of rotatable bonds is 1. The first-order valence-electron chi connectivity index (χ1n) is 7.99. The van der Waals surface area contributed by atoms with Crippen LogP contribution < -0.4 is 15.9 Å². The molecule has 1 aromatic carbocycles. The first-order valence-corrected chi connectivity index (χ1v) is 7.99. The molecule has 0 spiro atoms. The monoisotopic (exact) mass is 336 g/mol. The van der Waals surface area contributed by atoms with E-state index in [9.17, 15) is 14.4 Å². The Bertz CT molecular complexity index is 1140. The Morgan fingerprint density at radius 3 is 2.72 bits per heavy atom. The first kappa shape index (κ1) is 15.4. The number of carbonyl (C=O) groups is 1. The molecule has 0 unspecified atom stereocenters. The van der Waals surface area contributed by atoms with Crippen molar-refractivity contribution in [1.29, 1.82) is 0 Å². The minimum atomic E-state index is -0.621. The maximum Gasteiger partial charge on any atom is 0.312 e. The van der Waals surface area contributed by atoms with Gasteiger partial charge in [-0.05, 0) is 24.4 Å². The van der Waals surface area contributed by atoms with Crippen molar-refractivity contribution < 1.29 is 9.53 Å². The lowest BCUT2D eigenvalue weighted by molar-refractivity contribution is -0.135. The molecule has 0 aliphatic carbocycles. The van der Waals surface area contributed by atoms with Gasteiger partial charge in [-0.3, -0.25) is 14.4 Å². The molecule has 4 rings (SSSR count). The minimum absolute atomic E-state index is 0.0350. The van der Waals surface area contributed by atoms with Crippen molar-refractivity contribution in [2.75, 3.05) is 0 Å². The molecule has 6 heteroatoms. The molecule has 0 amide bonds. The predicted molar refractivity (Wildman–Crippen MR) is 93.1 cm³/mol. The van der Waals surface area contributed by atoms with Crippen molar-refractivity contribution in [1.82, 2.24) is 9.55 Å². The number of fused-ring (bicyclic) bond motifs is 2. The number of aromatic nitrogens is 2. The highest BCUT2D eigenvalue weighted by molar-refractivity contribution is 5.81. The standard InChI is InChI=1S/C19H16N2O4/c1-10-7-15-17(18(23)20-10)12(9-16(22)25-15)13-8-11-5-3-4-6-14(11)21(2)19(13)24/h3-8,12H,9H2,1-2H3,(H,20,23)/t12-/m0/s1. The number of benzene rings is 1. The molecule has 25 heavy (non-hydrogen) atoms. The minimum Gasteiger partial charge on any atom is -0.426 e. The van der Waals surface area contributed by atoms with Crippen LogP contribution in [0.3, 0.4) is 0 Å². The molecular weight excluding hydrogens is 320 g/mol. The number of H-pyrrole nitrogens is 1. The van der Waals surface area contributed by atoms with Crippen molar-refractivity contribution in [3.05, 3.63) is 73.9 Å². The Morgan fingerprint density at radius 2 is 1.92 bits per heavy atom. The largest absolute Gasteiger partial charge is 0.426 e. The number of nitrogens with one attached hydrogen (secondary N) is 1. The number of hydrogen-bond donors (Lipinski definition) is 1. The molecule has 1 N–H and O–H groups in total. The van der Waals surface area contributed by atoms with Crippen LogP contribution in [-0.2, 0) is 11.8 Å². The van der Waals surface area contributed by atoms with Crippen LogP contribution in [0, 0.1) is 6.92 Å². The molecule has 0 bridgehead atoms. The van der Waals surface area contributed by atoms with Crippen molar-refractivity contribution >= 4 is 16.9 Å². The fourth-order valence-electron chi connectivity index (χ4n) is 3.48. The van der Waals surface area contributed by atoms with Gasteiger partial charge in [-0.2, -0.15) is 0 Å². The zero-order valence-electron chi connectivity index (χ0n) is 13.8. The molecule has 3 heterocycles. The van der Waals surface area contributed by atoms with Crippen LogP contribution >= 0.6 is 0 Å². The molecule has 2 aromatic heterocycles. The van der Waals surface area contributed by atoms with E-state index in [0.29, 0.717) is 16.8 Å². The fraction of sp³-hybridized carbons (Fsp3) is 0.211. The average Bonchev–Trinajstić information content (AvgIpc) is 2.56. The lowest BCUT2D eigenvalue weighted by Gasteiger charge is -2.24. The molecule has 0 fully saturated rings. The Kier molecular flexibility index (Phi) is 3.35. The normalized spacial score (nSPS) is 16.6. The van der Waals surface area contributed by atoms with Gasteiger partial charge in [0.25, 0.3) is 11.1 Å². The van der Waals surface area contributed by atoms with Gasteiger partial charge in [0.1, 0.15) is 5.75 Å². The maximum atomic E-state index is 12.9. The van der Waals surface area contributed by atoms with Crippen LogP contribution in [0.15, 0.2) is 46.0 Å². The van der Waals surface area contributed by atoms with E-state index in [0.717, 1.165) is 10.9 Å². The molecular formula is C19H16N2O4. The van der Waals surface area contributed by atoms with E-state index >= 15 is 0 Å². The van der Waals surface area contributed by atoms with E-state index in [1.54, 1.807) is 30.7 Å². The Balaban J connectivity index is 2.02. The summed E-state index contributed by atoms with van der Waals surface area (Å²) in [6, 6.07) is 10.9. The Morgan fingerprint density at radius 1 is 1.16 bits per heavy atom. The smallest absolute Gasteiger partial charge is 0.312 e. The van der Waals surface area contributed by atoms with Crippen molar-refractivity contribution in [3.8, 4) is 5.75 Å². The second-order valence-corrected chi connectivity index (χ2v) is 6.31.